The summed E-state index contributed by atoms with van der Waals surface area (Å²) in [6, 6.07) is 9.45. The minimum absolute atomic E-state index is 0.0175. The highest BCUT2D eigenvalue weighted by Gasteiger charge is 2.27. The van der Waals surface area contributed by atoms with E-state index in [1.807, 2.05) is 0 Å². The van der Waals surface area contributed by atoms with Gasteiger partial charge in [0, 0.05) is 37.1 Å². The molecule has 7 heteroatoms. The number of nitrogens with zero attached hydrogens (tertiary/aromatic N) is 2. The third-order valence-corrected chi connectivity index (χ3v) is 4.16. The van der Waals surface area contributed by atoms with Crippen molar-refractivity contribution in [2.24, 2.45) is 5.16 Å². The fraction of sp³-hybridized carbons (Fsp3) is 0.263. The van der Waals surface area contributed by atoms with Crippen molar-refractivity contribution < 1.29 is 22.8 Å². The van der Waals surface area contributed by atoms with Crippen molar-refractivity contribution >= 4 is 11.6 Å². The second-order valence-corrected chi connectivity index (χ2v) is 6.08. The van der Waals surface area contributed by atoms with E-state index in [1.165, 1.54) is 24.0 Å². The van der Waals surface area contributed by atoms with Gasteiger partial charge in [-0.05, 0) is 12.1 Å². The Hall–Kier alpha value is -2.83. The van der Waals surface area contributed by atoms with Crippen LogP contribution < -0.4 is 0 Å². The van der Waals surface area contributed by atoms with Gasteiger partial charge in [-0.2, -0.15) is 0 Å². The van der Waals surface area contributed by atoms with Crippen molar-refractivity contribution in [1.82, 2.24) is 4.90 Å². The van der Waals surface area contributed by atoms with Crippen LogP contribution in [-0.2, 0) is 16.2 Å². The molecule has 1 amide bonds. The van der Waals surface area contributed by atoms with Gasteiger partial charge in [0.25, 0.3) is 0 Å². The molecule has 4 nitrogen and oxygen atoms in total. The van der Waals surface area contributed by atoms with Gasteiger partial charge in [0.2, 0.25) is 5.91 Å². The van der Waals surface area contributed by atoms with Crippen LogP contribution in [0.25, 0.3) is 0 Å². The Morgan fingerprint density at radius 1 is 1.19 bits per heavy atom. The summed E-state index contributed by atoms with van der Waals surface area (Å²) in [6.07, 6.45) is -0.131. The number of rotatable bonds is 5. The average Bonchev–Trinajstić information content (AvgIpc) is 3.05. The Balaban J connectivity index is 1.67. The first-order chi connectivity index (χ1) is 12.4. The first-order valence-corrected chi connectivity index (χ1v) is 8.11. The maximum absolute atomic E-state index is 13.9. The molecular formula is C19H17F3N2O2. The van der Waals surface area contributed by atoms with Crippen molar-refractivity contribution in [3.8, 4) is 0 Å². The summed E-state index contributed by atoms with van der Waals surface area (Å²) < 4.78 is 40.7. The Morgan fingerprint density at radius 3 is 2.65 bits per heavy atom. The zero-order valence-electron chi connectivity index (χ0n) is 14.1. The van der Waals surface area contributed by atoms with E-state index in [2.05, 4.69) is 5.16 Å². The number of oxime groups is 1. The number of halogens is 3. The number of amides is 1. The zero-order valence-corrected chi connectivity index (χ0v) is 14.1. The number of benzene rings is 2. The maximum Gasteiger partial charge on any atom is 0.219 e. The van der Waals surface area contributed by atoms with Crippen LogP contribution in [0.3, 0.4) is 0 Å². The van der Waals surface area contributed by atoms with Crippen molar-refractivity contribution in [3.63, 3.8) is 0 Å². The van der Waals surface area contributed by atoms with E-state index in [0.717, 1.165) is 12.1 Å². The molecule has 136 valence electrons. The maximum atomic E-state index is 13.9. The second-order valence-electron chi connectivity index (χ2n) is 6.08. The lowest BCUT2D eigenvalue weighted by Crippen LogP contribution is -2.36. The third-order valence-electron chi connectivity index (χ3n) is 4.16. The van der Waals surface area contributed by atoms with Gasteiger partial charge in [0.15, 0.2) is 6.10 Å². The largest absolute Gasteiger partial charge is 0.390 e. The highest BCUT2D eigenvalue weighted by atomic mass is 19.1. The molecule has 2 aromatic carbocycles. The third kappa shape index (κ3) is 4.04. The Bertz CT molecular complexity index is 854. The van der Waals surface area contributed by atoms with Crippen molar-refractivity contribution in [1.29, 1.82) is 0 Å². The van der Waals surface area contributed by atoms with E-state index in [1.54, 1.807) is 18.2 Å². The highest BCUT2D eigenvalue weighted by molar-refractivity contribution is 6.01. The van der Waals surface area contributed by atoms with Crippen LogP contribution in [0.4, 0.5) is 13.2 Å². The molecular weight excluding hydrogens is 345 g/mol. The first kappa shape index (κ1) is 18.0. The summed E-state index contributed by atoms with van der Waals surface area (Å²) in [5.41, 5.74) is 1.02. The predicted molar refractivity (Wildman–Crippen MR) is 89.9 cm³/mol. The molecule has 3 rings (SSSR count). The topological polar surface area (TPSA) is 41.9 Å². The zero-order chi connectivity index (χ0) is 18.7. The average molecular weight is 362 g/mol. The summed E-state index contributed by atoms with van der Waals surface area (Å²) in [7, 11) is 0. The van der Waals surface area contributed by atoms with E-state index in [0.29, 0.717) is 17.7 Å². The molecule has 1 aliphatic heterocycles. The number of carbonyl (C=O) groups is 1. The predicted octanol–water partition coefficient (Wildman–Crippen LogP) is 3.65. The molecule has 0 saturated heterocycles. The van der Waals surface area contributed by atoms with Crippen LogP contribution in [-0.4, -0.2) is 29.2 Å². The normalized spacial score (nSPS) is 16.2. The smallest absolute Gasteiger partial charge is 0.219 e. The molecule has 1 heterocycles. The van der Waals surface area contributed by atoms with Gasteiger partial charge in [0.05, 0.1) is 12.3 Å². The lowest BCUT2D eigenvalue weighted by atomic mass is 10.0. The molecule has 0 bridgehead atoms. The summed E-state index contributed by atoms with van der Waals surface area (Å²) in [6.45, 7) is 1.50. The summed E-state index contributed by atoms with van der Waals surface area (Å²) in [5.74, 6) is -2.07. The van der Waals surface area contributed by atoms with Crippen LogP contribution in [0.15, 0.2) is 47.6 Å². The lowest BCUT2D eigenvalue weighted by Gasteiger charge is -2.23. The molecule has 1 atom stereocenters. The van der Waals surface area contributed by atoms with E-state index in [4.69, 9.17) is 4.84 Å². The van der Waals surface area contributed by atoms with E-state index < -0.39 is 23.6 Å². The van der Waals surface area contributed by atoms with Gasteiger partial charge in [-0.3, -0.25) is 4.79 Å². The van der Waals surface area contributed by atoms with Gasteiger partial charge < -0.3 is 9.74 Å². The summed E-state index contributed by atoms with van der Waals surface area (Å²) >= 11 is 0. The standard InChI is InChI=1S/C19H17F3N2O2/c1-12(25)24(10-13-6-7-14(20)8-18(13)22)11-15-9-19(23-26-15)16-4-2-3-5-17(16)21/h2-8,15H,9-11H2,1H3. The second kappa shape index (κ2) is 7.59. The van der Waals surface area contributed by atoms with Crippen LogP contribution in [0.2, 0.25) is 0 Å². The quantitative estimate of drug-likeness (QED) is 0.815. The molecule has 2 aromatic rings. The summed E-state index contributed by atoms with van der Waals surface area (Å²) in [4.78, 5) is 18.6. The highest BCUT2D eigenvalue weighted by Crippen LogP contribution is 2.21. The Morgan fingerprint density at radius 2 is 1.96 bits per heavy atom. The Labute approximate surface area is 148 Å². The van der Waals surface area contributed by atoms with E-state index >= 15 is 0 Å². The van der Waals surface area contributed by atoms with Crippen LogP contribution in [0.5, 0.6) is 0 Å². The Kier molecular flexibility index (Phi) is 5.25. The van der Waals surface area contributed by atoms with Gasteiger partial charge >= 0.3 is 0 Å². The minimum atomic E-state index is -0.716. The number of carbonyl (C=O) groups excluding carboxylic acids is 1. The van der Waals surface area contributed by atoms with Crippen molar-refractivity contribution in [2.45, 2.75) is 26.0 Å². The van der Waals surface area contributed by atoms with Gasteiger partial charge in [-0.25, -0.2) is 13.2 Å². The molecule has 0 saturated carbocycles. The fourth-order valence-electron chi connectivity index (χ4n) is 2.79. The molecule has 0 N–H and O–H groups in total. The van der Waals surface area contributed by atoms with E-state index in [-0.39, 0.29) is 24.6 Å². The van der Waals surface area contributed by atoms with Crippen LogP contribution in [0, 0.1) is 17.5 Å². The molecule has 0 aliphatic carbocycles. The molecule has 1 unspecified atom stereocenters. The number of hydrogen-bond donors (Lipinski definition) is 0. The van der Waals surface area contributed by atoms with Gasteiger partial charge in [0.1, 0.15) is 17.5 Å². The van der Waals surface area contributed by atoms with Crippen LogP contribution >= 0.6 is 0 Å². The van der Waals surface area contributed by atoms with Gasteiger partial charge in [-0.15, -0.1) is 0 Å². The molecule has 0 aromatic heterocycles. The van der Waals surface area contributed by atoms with E-state index in [9.17, 15) is 18.0 Å². The molecule has 26 heavy (non-hydrogen) atoms. The molecule has 0 fully saturated rings. The van der Waals surface area contributed by atoms with Crippen LogP contribution in [0.1, 0.15) is 24.5 Å². The molecule has 0 radical (unpaired) electrons. The van der Waals surface area contributed by atoms with Crippen molar-refractivity contribution in [2.75, 3.05) is 6.54 Å². The monoisotopic (exact) mass is 362 g/mol. The minimum Gasteiger partial charge on any atom is -0.390 e. The van der Waals surface area contributed by atoms with Crippen molar-refractivity contribution in [3.05, 3.63) is 71.0 Å². The first-order valence-electron chi connectivity index (χ1n) is 8.11. The number of hydrogen-bond acceptors (Lipinski definition) is 3. The SMILES string of the molecule is CC(=O)N(Cc1ccc(F)cc1F)CC1CC(c2ccccc2F)=NO1. The van der Waals surface area contributed by atoms with Gasteiger partial charge in [-0.1, -0.05) is 29.4 Å². The fourth-order valence-corrected chi connectivity index (χ4v) is 2.79. The lowest BCUT2D eigenvalue weighted by molar-refractivity contribution is -0.131. The molecule has 1 aliphatic rings. The molecule has 0 spiro atoms. The summed E-state index contributed by atoms with van der Waals surface area (Å²) in [5, 5.41) is 3.91.